The maximum Gasteiger partial charge on any atom is 0.135 e. The summed E-state index contributed by atoms with van der Waals surface area (Å²) in [6.45, 7) is 6.81. The van der Waals surface area contributed by atoms with Gasteiger partial charge in [-0.3, -0.25) is 0 Å². The van der Waals surface area contributed by atoms with E-state index in [9.17, 15) is 0 Å². The van der Waals surface area contributed by atoms with E-state index < -0.39 is 0 Å². The zero-order valence-electron chi connectivity index (χ0n) is 11.0. The maximum atomic E-state index is 5.88. The number of ether oxygens (including phenoxy) is 1. The number of imidazole rings is 1. The Morgan fingerprint density at radius 3 is 2.59 bits per heavy atom. The smallest absolute Gasteiger partial charge is 0.135 e. The lowest BCUT2D eigenvalue weighted by molar-refractivity contribution is 0.0507. The fourth-order valence-electron chi connectivity index (χ4n) is 2.99. The van der Waals surface area contributed by atoms with Crippen molar-refractivity contribution in [3.8, 4) is 0 Å². The second-order valence-electron chi connectivity index (χ2n) is 5.92. The van der Waals surface area contributed by atoms with Crippen molar-refractivity contribution in [3.05, 3.63) is 17.2 Å². The third-order valence-electron chi connectivity index (χ3n) is 4.43. The molecule has 1 saturated heterocycles. The van der Waals surface area contributed by atoms with Gasteiger partial charge in [-0.25, -0.2) is 4.98 Å². The first-order valence-electron chi connectivity index (χ1n) is 6.86. The van der Waals surface area contributed by atoms with Crippen molar-refractivity contribution in [2.75, 3.05) is 0 Å². The van der Waals surface area contributed by atoms with Crippen LogP contribution in [0.3, 0.4) is 0 Å². The highest BCUT2D eigenvalue weighted by Crippen LogP contribution is 2.34. The number of nitrogens with zero attached hydrogens (tertiary/aromatic N) is 1. The topological polar surface area (TPSA) is 37.9 Å². The highest BCUT2D eigenvalue weighted by molar-refractivity contribution is 5.20. The Morgan fingerprint density at radius 1 is 1.12 bits per heavy atom. The van der Waals surface area contributed by atoms with Crippen LogP contribution in [0.15, 0.2) is 0 Å². The number of aromatic nitrogens is 2. The SMILES string of the molecule is CC1CCC(c2nc3c([nH]2)CC(C)C(C)C3)O1. The molecule has 94 valence electrons. The molecule has 0 spiro atoms. The lowest BCUT2D eigenvalue weighted by atomic mass is 9.82. The zero-order chi connectivity index (χ0) is 12.0. The third kappa shape index (κ3) is 2.01. The van der Waals surface area contributed by atoms with Crippen LogP contribution in [0.25, 0.3) is 0 Å². The molecule has 2 heterocycles. The van der Waals surface area contributed by atoms with Crippen LogP contribution in [0.5, 0.6) is 0 Å². The van der Waals surface area contributed by atoms with E-state index in [1.54, 1.807) is 0 Å². The summed E-state index contributed by atoms with van der Waals surface area (Å²) in [5.41, 5.74) is 2.64. The summed E-state index contributed by atoms with van der Waals surface area (Å²) < 4.78 is 5.88. The van der Waals surface area contributed by atoms with Gasteiger partial charge in [0.2, 0.25) is 0 Å². The first kappa shape index (κ1) is 11.3. The summed E-state index contributed by atoms with van der Waals surface area (Å²) in [4.78, 5) is 8.28. The van der Waals surface area contributed by atoms with Crippen molar-refractivity contribution in [2.45, 2.75) is 58.7 Å². The van der Waals surface area contributed by atoms with Crippen LogP contribution in [-0.2, 0) is 17.6 Å². The number of hydrogen-bond donors (Lipinski definition) is 1. The van der Waals surface area contributed by atoms with Gasteiger partial charge in [0.15, 0.2) is 0 Å². The molecule has 3 heteroatoms. The molecule has 1 aliphatic carbocycles. The molecule has 1 aromatic rings. The molecule has 2 aliphatic rings. The molecule has 3 nitrogen and oxygen atoms in total. The molecule has 3 rings (SSSR count). The minimum Gasteiger partial charge on any atom is -0.367 e. The monoisotopic (exact) mass is 234 g/mol. The van der Waals surface area contributed by atoms with Crippen LogP contribution in [0, 0.1) is 11.8 Å². The summed E-state index contributed by atoms with van der Waals surface area (Å²) in [5, 5.41) is 0. The number of rotatable bonds is 1. The standard InChI is InChI=1S/C14H22N2O/c1-8-6-11-12(7-9(8)2)16-14(15-11)13-5-4-10(3)17-13/h8-10,13H,4-7H2,1-3H3,(H,15,16). The Bertz CT molecular complexity index is 385. The van der Waals surface area contributed by atoms with Crippen LogP contribution in [0.4, 0.5) is 0 Å². The first-order valence-corrected chi connectivity index (χ1v) is 6.86. The van der Waals surface area contributed by atoms with E-state index in [-0.39, 0.29) is 6.10 Å². The number of aromatic amines is 1. The second kappa shape index (κ2) is 4.13. The highest BCUT2D eigenvalue weighted by Gasteiger charge is 2.30. The number of hydrogen-bond acceptors (Lipinski definition) is 2. The fraction of sp³-hybridized carbons (Fsp3) is 0.786. The van der Waals surface area contributed by atoms with Crippen molar-refractivity contribution in [3.63, 3.8) is 0 Å². The zero-order valence-corrected chi connectivity index (χ0v) is 11.0. The average Bonchev–Trinajstić information content (AvgIpc) is 2.85. The van der Waals surface area contributed by atoms with Gasteiger partial charge in [-0.2, -0.15) is 0 Å². The van der Waals surface area contributed by atoms with Crippen molar-refractivity contribution >= 4 is 0 Å². The van der Waals surface area contributed by atoms with Gasteiger partial charge in [0.1, 0.15) is 11.9 Å². The van der Waals surface area contributed by atoms with Gasteiger partial charge in [-0.05, 0) is 44.4 Å². The van der Waals surface area contributed by atoms with Crippen LogP contribution >= 0.6 is 0 Å². The van der Waals surface area contributed by atoms with Crippen molar-refractivity contribution < 1.29 is 4.74 Å². The minimum atomic E-state index is 0.209. The van der Waals surface area contributed by atoms with Gasteiger partial charge >= 0.3 is 0 Å². The molecule has 0 aromatic carbocycles. The third-order valence-corrected chi connectivity index (χ3v) is 4.43. The largest absolute Gasteiger partial charge is 0.367 e. The van der Waals surface area contributed by atoms with Gasteiger partial charge < -0.3 is 9.72 Å². The Kier molecular flexibility index (Phi) is 2.74. The van der Waals surface area contributed by atoms with E-state index in [0.29, 0.717) is 6.10 Å². The lowest BCUT2D eigenvalue weighted by Crippen LogP contribution is -2.20. The molecular formula is C14H22N2O. The Morgan fingerprint density at radius 2 is 1.88 bits per heavy atom. The van der Waals surface area contributed by atoms with Crippen LogP contribution in [0.2, 0.25) is 0 Å². The van der Waals surface area contributed by atoms with Gasteiger partial charge in [-0.1, -0.05) is 13.8 Å². The van der Waals surface area contributed by atoms with Crippen molar-refractivity contribution in [1.29, 1.82) is 0 Å². The van der Waals surface area contributed by atoms with Crippen LogP contribution < -0.4 is 0 Å². The highest BCUT2D eigenvalue weighted by atomic mass is 16.5. The summed E-state index contributed by atoms with van der Waals surface area (Å²) in [6, 6.07) is 0. The molecule has 0 amide bonds. The van der Waals surface area contributed by atoms with E-state index in [0.717, 1.165) is 43.3 Å². The molecular weight excluding hydrogens is 212 g/mol. The molecule has 0 bridgehead atoms. The van der Waals surface area contributed by atoms with E-state index in [2.05, 4.69) is 25.8 Å². The summed E-state index contributed by atoms with van der Waals surface area (Å²) >= 11 is 0. The van der Waals surface area contributed by atoms with Crippen LogP contribution in [-0.4, -0.2) is 16.1 Å². The van der Waals surface area contributed by atoms with Crippen molar-refractivity contribution in [1.82, 2.24) is 9.97 Å². The van der Waals surface area contributed by atoms with Gasteiger partial charge in [-0.15, -0.1) is 0 Å². The quantitative estimate of drug-likeness (QED) is 0.811. The van der Waals surface area contributed by atoms with E-state index >= 15 is 0 Å². The molecule has 1 aliphatic heterocycles. The number of H-pyrrole nitrogens is 1. The second-order valence-corrected chi connectivity index (χ2v) is 5.92. The average molecular weight is 234 g/mol. The van der Waals surface area contributed by atoms with Crippen molar-refractivity contribution in [2.24, 2.45) is 11.8 Å². The van der Waals surface area contributed by atoms with E-state index in [4.69, 9.17) is 9.72 Å². The Labute approximate surface area is 103 Å². The number of nitrogens with one attached hydrogen (secondary N) is 1. The molecule has 1 N–H and O–H groups in total. The molecule has 1 aromatic heterocycles. The van der Waals surface area contributed by atoms with E-state index in [1.807, 2.05) is 0 Å². The fourth-order valence-corrected chi connectivity index (χ4v) is 2.99. The summed E-state index contributed by atoms with van der Waals surface area (Å²) in [7, 11) is 0. The summed E-state index contributed by atoms with van der Waals surface area (Å²) in [5.74, 6) is 2.59. The molecule has 4 atom stereocenters. The van der Waals surface area contributed by atoms with Gasteiger partial charge in [0.25, 0.3) is 0 Å². The first-order chi connectivity index (χ1) is 8.13. The normalized spacial score (nSPS) is 37.1. The Hall–Kier alpha value is -0.830. The molecule has 0 radical (unpaired) electrons. The molecule has 4 unspecified atom stereocenters. The molecule has 1 fully saturated rings. The molecule has 0 saturated carbocycles. The summed E-state index contributed by atoms with van der Waals surface area (Å²) in [6.07, 6.45) is 5.13. The predicted octanol–water partition coefficient (Wildman–Crippen LogP) is 3.02. The maximum absolute atomic E-state index is 5.88. The Balaban J connectivity index is 1.82. The molecule has 17 heavy (non-hydrogen) atoms. The van der Waals surface area contributed by atoms with Gasteiger partial charge in [0, 0.05) is 5.69 Å². The van der Waals surface area contributed by atoms with Gasteiger partial charge in [0.05, 0.1) is 11.8 Å². The van der Waals surface area contributed by atoms with E-state index in [1.165, 1.54) is 11.4 Å². The minimum absolute atomic E-state index is 0.209. The lowest BCUT2D eigenvalue weighted by Gasteiger charge is -2.24. The predicted molar refractivity (Wildman–Crippen MR) is 66.8 cm³/mol. The number of fused-ring (bicyclic) bond motifs is 1. The van der Waals surface area contributed by atoms with Crippen LogP contribution in [0.1, 0.15) is 56.9 Å².